The minimum Gasteiger partial charge on any atom is -0.381 e. The van der Waals surface area contributed by atoms with Crippen LogP contribution in [0.1, 0.15) is 18.4 Å². The van der Waals surface area contributed by atoms with Gasteiger partial charge >= 0.3 is 0 Å². The van der Waals surface area contributed by atoms with Crippen LogP contribution in [0.5, 0.6) is 0 Å². The lowest BCUT2D eigenvalue weighted by Gasteiger charge is -2.38. The van der Waals surface area contributed by atoms with Crippen LogP contribution in [0.2, 0.25) is 0 Å². The third-order valence-electron chi connectivity index (χ3n) is 3.47. The lowest BCUT2D eigenvalue weighted by molar-refractivity contribution is 0.0110. The van der Waals surface area contributed by atoms with Crippen LogP contribution >= 0.6 is 27.3 Å². The first-order valence-electron chi connectivity index (χ1n) is 6.07. The van der Waals surface area contributed by atoms with E-state index in [1.165, 1.54) is 18.4 Å². The fourth-order valence-electron chi connectivity index (χ4n) is 2.46. The van der Waals surface area contributed by atoms with Crippen LogP contribution in [-0.4, -0.2) is 37.0 Å². The van der Waals surface area contributed by atoms with Crippen LogP contribution < -0.4 is 0 Å². The van der Waals surface area contributed by atoms with E-state index in [2.05, 4.69) is 44.7 Å². The molecule has 1 saturated heterocycles. The highest BCUT2D eigenvalue weighted by Crippen LogP contribution is 2.33. The number of thiophene rings is 1. The first kappa shape index (κ1) is 13.5. The Labute approximate surface area is 116 Å². The molecule has 2 heterocycles. The molecule has 96 valence electrons. The number of alkyl halides is 1. The van der Waals surface area contributed by atoms with Crippen LogP contribution in [0.15, 0.2) is 16.8 Å². The number of halogens is 1. The Morgan fingerprint density at radius 2 is 2.24 bits per heavy atom. The first-order valence-corrected chi connectivity index (χ1v) is 8.14. The molecule has 0 aliphatic carbocycles. The van der Waals surface area contributed by atoms with Crippen molar-refractivity contribution in [2.75, 3.05) is 32.1 Å². The number of hydrogen-bond donors (Lipinski definition) is 0. The highest BCUT2D eigenvalue weighted by molar-refractivity contribution is 9.09. The van der Waals surface area contributed by atoms with E-state index in [1.807, 2.05) is 0 Å². The van der Waals surface area contributed by atoms with Gasteiger partial charge in [0.2, 0.25) is 0 Å². The molecule has 0 radical (unpaired) electrons. The molecule has 1 aliphatic rings. The minimum atomic E-state index is 0.406. The maximum absolute atomic E-state index is 5.48. The first-order chi connectivity index (χ1) is 8.24. The van der Waals surface area contributed by atoms with Crippen LogP contribution in [0.3, 0.4) is 0 Å². The molecule has 0 aromatic carbocycles. The normalized spacial score (nSPS) is 19.7. The Kier molecular flexibility index (Phi) is 5.03. The highest BCUT2D eigenvalue weighted by Gasteiger charge is 2.32. The van der Waals surface area contributed by atoms with Crippen molar-refractivity contribution in [1.82, 2.24) is 4.90 Å². The summed E-state index contributed by atoms with van der Waals surface area (Å²) >= 11 is 5.47. The summed E-state index contributed by atoms with van der Waals surface area (Å²) in [6.07, 6.45) is 2.35. The van der Waals surface area contributed by atoms with Crippen LogP contribution in [-0.2, 0) is 11.3 Å². The van der Waals surface area contributed by atoms with Gasteiger partial charge < -0.3 is 9.64 Å². The molecule has 0 spiro atoms. The van der Waals surface area contributed by atoms with Gasteiger partial charge in [-0.1, -0.05) is 15.9 Å². The molecule has 2 rings (SSSR count). The second-order valence-electron chi connectivity index (χ2n) is 5.05. The van der Waals surface area contributed by atoms with Crippen molar-refractivity contribution in [1.29, 1.82) is 0 Å². The molecule has 0 unspecified atom stereocenters. The third-order valence-corrected chi connectivity index (χ3v) is 5.40. The summed E-state index contributed by atoms with van der Waals surface area (Å²) < 4.78 is 5.48. The second-order valence-corrected chi connectivity index (χ2v) is 6.39. The second kappa shape index (κ2) is 6.32. The number of nitrogens with zero attached hydrogens (tertiary/aromatic N) is 1. The molecule has 0 bridgehead atoms. The molecule has 0 amide bonds. The molecule has 2 nitrogen and oxygen atoms in total. The average Bonchev–Trinajstić information content (AvgIpc) is 2.83. The summed E-state index contributed by atoms with van der Waals surface area (Å²) in [4.78, 5) is 2.44. The van der Waals surface area contributed by atoms with Crippen molar-refractivity contribution in [3.05, 3.63) is 22.4 Å². The Balaban J connectivity index is 1.89. The fraction of sp³-hybridized carbons (Fsp3) is 0.692. The van der Waals surface area contributed by atoms with Gasteiger partial charge in [-0.2, -0.15) is 11.3 Å². The van der Waals surface area contributed by atoms with Gasteiger partial charge in [0.25, 0.3) is 0 Å². The van der Waals surface area contributed by atoms with Crippen molar-refractivity contribution >= 4 is 27.3 Å². The minimum absolute atomic E-state index is 0.406. The zero-order chi connectivity index (χ0) is 12.1. The van der Waals surface area contributed by atoms with Gasteiger partial charge in [-0.15, -0.1) is 0 Å². The molecule has 1 aromatic rings. The topological polar surface area (TPSA) is 12.5 Å². The molecule has 4 heteroatoms. The molecule has 0 saturated carbocycles. The molecule has 1 aromatic heterocycles. The van der Waals surface area contributed by atoms with Gasteiger partial charge in [0, 0.05) is 31.6 Å². The van der Waals surface area contributed by atoms with Crippen molar-refractivity contribution in [3.63, 3.8) is 0 Å². The summed E-state index contributed by atoms with van der Waals surface area (Å²) in [6.45, 7) is 4.03. The van der Waals surface area contributed by atoms with Gasteiger partial charge in [0.05, 0.1) is 0 Å². The fourth-order valence-corrected chi connectivity index (χ4v) is 3.86. The van der Waals surface area contributed by atoms with Crippen molar-refractivity contribution < 1.29 is 4.74 Å². The van der Waals surface area contributed by atoms with Crippen LogP contribution in [0.25, 0.3) is 0 Å². The van der Waals surface area contributed by atoms with Crippen LogP contribution in [0.4, 0.5) is 0 Å². The molecule has 0 atom stereocenters. The van der Waals surface area contributed by atoms with E-state index in [0.29, 0.717) is 5.41 Å². The molecule has 17 heavy (non-hydrogen) atoms. The molecular formula is C13H20BrNOS. The smallest absolute Gasteiger partial charge is 0.0472 e. The standard InChI is InChI=1S/C13H20BrNOS/c1-15(8-12-2-7-17-9-12)11-13(10-14)3-5-16-6-4-13/h2,7,9H,3-6,8,10-11H2,1H3. The van der Waals surface area contributed by atoms with Crippen molar-refractivity contribution in [2.45, 2.75) is 19.4 Å². The van der Waals surface area contributed by atoms with E-state index < -0.39 is 0 Å². The van der Waals surface area contributed by atoms with E-state index in [9.17, 15) is 0 Å². The quantitative estimate of drug-likeness (QED) is 0.772. The Bertz CT molecular complexity index is 322. The maximum atomic E-state index is 5.48. The largest absolute Gasteiger partial charge is 0.381 e. The van der Waals surface area contributed by atoms with Crippen molar-refractivity contribution in [2.24, 2.45) is 5.41 Å². The molecule has 1 fully saturated rings. The summed E-state index contributed by atoms with van der Waals surface area (Å²) in [5, 5.41) is 5.47. The molecule has 0 N–H and O–H groups in total. The van der Waals surface area contributed by atoms with Gasteiger partial charge in [0.1, 0.15) is 0 Å². The monoisotopic (exact) mass is 317 g/mol. The lowest BCUT2D eigenvalue weighted by Crippen LogP contribution is -2.41. The summed E-state index contributed by atoms with van der Waals surface area (Å²) in [5.41, 5.74) is 1.83. The zero-order valence-electron chi connectivity index (χ0n) is 10.3. The molecule has 1 aliphatic heterocycles. The SMILES string of the molecule is CN(Cc1ccsc1)CC1(CBr)CCOCC1. The molecular weight excluding hydrogens is 298 g/mol. The number of ether oxygens (including phenoxy) is 1. The predicted octanol–water partition coefficient (Wildman–Crippen LogP) is 3.37. The van der Waals surface area contributed by atoms with E-state index >= 15 is 0 Å². The van der Waals surface area contributed by atoms with E-state index in [0.717, 1.165) is 31.6 Å². The van der Waals surface area contributed by atoms with Gasteiger partial charge in [-0.25, -0.2) is 0 Å². The van der Waals surface area contributed by atoms with Crippen LogP contribution in [0, 0.1) is 5.41 Å². The van der Waals surface area contributed by atoms with Crippen molar-refractivity contribution in [3.8, 4) is 0 Å². The lowest BCUT2D eigenvalue weighted by atomic mass is 9.82. The third kappa shape index (κ3) is 3.78. The zero-order valence-corrected chi connectivity index (χ0v) is 12.7. The average molecular weight is 318 g/mol. The summed E-state index contributed by atoms with van der Waals surface area (Å²) in [5.74, 6) is 0. The number of hydrogen-bond acceptors (Lipinski definition) is 3. The number of rotatable bonds is 5. The van der Waals surface area contributed by atoms with E-state index in [1.54, 1.807) is 11.3 Å². The van der Waals surface area contributed by atoms with Gasteiger partial charge in [-0.05, 0) is 47.7 Å². The summed E-state index contributed by atoms with van der Waals surface area (Å²) in [6, 6.07) is 2.21. The van der Waals surface area contributed by atoms with Gasteiger partial charge in [0.15, 0.2) is 0 Å². The predicted molar refractivity (Wildman–Crippen MR) is 76.9 cm³/mol. The Morgan fingerprint density at radius 3 is 2.82 bits per heavy atom. The summed E-state index contributed by atoms with van der Waals surface area (Å²) in [7, 11) is 2.22. The Hall–Kier alpha value is 0.1000. The van der Waals surface area contributed by atoms with E-state index in [-0.39, 0.29) is 0 Å². The van der Waals surface area contributed by atoms with E-state index in [4.69, 9.17) is 4.74 Å². The Morgan fingerprint density at radius 1 is 1.47 bits per heavy atom. The van der Waals surface area contributed by atoms with Gasteiger partial charge in [-0.3, -0.25) is 0 Å². The maximum Gasteiger partial charge on any atom is 0.0472 e. The highest BCUT2D eigenvalue weighted by atomic mass is 79.9.